The molecule has 0 bridgehead atoms. The van der Waals surface area contributed by atoms with Crippen LogP contribution in [0, 0.1) is 6.92 Å². The van der Waals surface area contributed by atoms with Gasteiger partial charge in [0.25, 0.3) is 11.6 Å². The number of rotatable bonds is 3. The molecule has 0 fully saturated rings. The van der Waals surface area contributed by atoms with Gasteiger partial charge >= 0.3 is 0 Å². The molecule has 1 amide bonds. The minimum absolute atomic E-state index is 0.187. The van der Waals surface area contributed by atoms with Crippen LogP contribution < -0.4 is 5.32 Å². The summed E-state index contributed by atoms with van der Waals surface area (Å²) in [6, 6.07) is 7.12. The van der Waals surface area contributed by atoms with Crippen molar-refractivity contribution in [3.8, 4) is 0 Å². The zero-order valence-electron chi connectivity index (χ0n) is 13.1. The second-order valence-electron chi connectivity index (χ2n) is 5.71. The summed E-state index contributed by atoms with van der Waals surface area (Å²) in [6.07, 6.45) is 1.48. The number of nitrogens with zero attached hydrogens (tertiary/aromatic N) is 2. The molecule has 0 saturated carbocycles. The van der Waals surface area contributed by atoms with Crippen LogP contribution >= 0.6 is 11.6 Å². The van der Waals surface area contributed by atoms with Crippen molar-refractivity contribution in [3.05, 3.63) is 52.3 Å². The maximum Gasteiger partial charge on any atom is 0.257 e. The van der Waals surface area contributed by atoms with Gasteiger partial charge in [0, 0.05) is 16.9 Å². The molecule has 3 aromatic rings. The molecule has 6 heteroatoms. The van der Waals surface area contributed by atoms with Gasteiger partial charge in [-0.15, -0.1) is 0 Å². The Bertz CT molecular complexity index is 887. The Balaban J connectivity index is 1.94. The number of amides is 1. The average molecular weight is 330 g/mol. The molecule has 5 nitrogen and oxygen atoms in total. The molecule has 1 aromatic carbocycles. The first-order valence-corrected chi connectivity index (χ1v) is 7.66. The van der Waals surface area contributed by atoms with Crippen molar-refractivity contribution >= 4 is 34.3 Å². The Morgan fingerprint density at radius 2 is 2.09 bits per heavy atom. The number of fused-ring (bicyclic) bond motifs is 1. The van der Waals surface area contributed by atoms with Gasteiger partial charge in [0.1, 0.15) is 0 Å². The van der Waals surface area contributed by atoms with E-state index in [1.807, 2.05) is 26.8 Å². The van der Waals surface area contributed by atoms with Crippen LogP contribution in [0.25, 0.3) is 11.1 Å². The Kier molecular flexibility index (Phi) is 4.05. The van der Waals surface area contributed by atoms with Crippen LogP contribution in [0.15, 0.2) is 35.0 Å². The van der Waals surface area contributed by atoms with Gasteiger partial charge in [-0.1, -0.05) is 36.7 Å². The third-order valence-electron chi connectivity index (χ3n) is 3.61. The molecule has 0 spiro atoms. The molecule has 0 aliphatic rings. The van der Waals surface area contributed by atoms with Gasteiger partial charge in [-0.05, 0) is 36.6 Å². The summed E-state index contributed by atoms with van der Waals surface area (Å²) in [7, 11) is 0. The van der Waals surface area contributed by atoms with Crippen LogP contribution in [0.5, 0.6) is 0 Å². The SMILES string of the molecule is Cc1ccc(Cl)cc1NC(=O)c1cnc2onc(C(C)C)c2c1. The van der Waals surface area contributed by atoms with E-state index < -0.39 is 0 Å². The first-order chi connectivity index (χ1) is 11.0. The average Bonchev–Trinajstić information content (AvgIpc) is 2.94. The second-order valence-corrected chi connectivity index (χ2v) is 6.15. The lowest BCUT2D eigenvalue weighted by Gasteiger charge is -2.09. The summed E-state index contributed by atoms with van der Waals surface area (Å²) in [4.78, 5) is 16.6. The van der Waals surface area contributed by atoms with Crippen LogP contribution in [-0.2, 0) is 0 Å². The Hall–Kier alpha value is -2.40. The van der Waals surface area contributed by atoms with Crippen molar-refractivity contribution in [1.82, 2.24) is 10.1 Å². The number of anilines is 1. The number of benzene rings is 1. The highest BCUT2D eigenvalue weighted by atomic mass is 35.5. The van der Waals surface area contributed by atoms with E-state index in [2.05, 4.69) is 15.5 Å². The second kappa shape index (κ2) is 6.01. The van der Waals surface area contributed by atoms with Crippen molar-refractivity contribution in [2.75, 3.05) is 5.32 Å². The molecule has 0 unspecified atom stereocenters. The highest BCUT2D eigenvalue weighted by Gasteiger charge is 2.16. The topological polar surface area (TPSA) is 68.0 Å². The molecule has 3 rings (SSSR count). The molecular formula is C17H16ClN3O2. The number of pyridine rings is 1. The van der Waals surface area contributed by atoms with E-state index in [4.69, 9.17) is 16.1 Å². The normalized spacial score (nSPS) is 11.2. The smallest absolute Gasteiger partial charge is 0.257 e. The van der Waals surface area contributed by atoms with Crippen molar-refractivity contribution in [2.45, 2.75) is 26.7 Å². The minimum atomic E-state index is -0.249. The molecule has 2 aromatic heterocycles. The molecule has 2 heterocycles. The van der Waals surface area contributed by atoms with Gasteiger partial charge in [-0.2, -0.15) is 0 Å². The van der Waals surface area contributed by atoms with Gasteiger partial charge in [-0.3, -0.25) is 4.79 Å². The third-order valence-corrected chi connectivity index (χ3v) is 3.85. The number of nitrogens with one attached hydrogen (secondary N) is 1. The Labute approximate surface area is 138 Å². The summed E-state index contributed by atoms with van der Waals surface area (Å²) < 4.78 is 5.19. The zero-order chi connectivity index (χ0) is 16.6. The van der Waals surface area contributed by atoms with Crippen molar-refractivity contribution in [2.24, 2.45) is 0 Å². The number of hydrogen-bond acceptors (Lipinski definition) is 4. The zero-order valence-corrected chi connectivity index (χ0v) is 13.8. The number of halogens is 1. The number of hydrogen-bond donors (Lipinski definition) is 1. The van der Waals surface area contributed by atoms with Crippen LogP contribution in [0.1, 0.15) is 41.4 Å². The lowest BCUT2D eigenvalue weighted by atomic mass is 10.1. The number of aryl methyl sites for hydroxylation is 1. The van der Waals surface area contributed by atoms with Crippen LogP contribution in [-0.4, -0.2) is 16.0 Å². The Morgan fingerprint density at radius 3 is 2.83 bits per heavy atom. The van der Waals surface area contributed by atoms with Crippen LogP contribution in [0.2, 0.25) is 5.02 Å². The fourth-order valence-corrected chi connectivity index (χ4v) is 2.49. The summed E-state index contributed by atoms with van der Waals surface area (Å²) in [6.45, 7) is 5.93. The minimum Gasteiger partial charge on any atom is -0.336 e. The van der Waals surface area contributed by atoms with E-state index in [-0.39, 0.29) is 11.8 Å². The summed E-state index contributed by atoms with van der Waals surface area (Å²) in [5.74, 6) is -0.0628. The lowest BCUT2D eigenvalue weighted by Crippen LogP contribution is -2.13. The third kappa shape index (κ3) is 3.05. The largest absolute Gasteiger partial charge is 0.336 e. The quantitative estimate of drug-likeness (QED) is 0.764. The van der Waals surface area contributed by atoms with Crippen molar-refractivity contribution < 1.29 is 9.32 Å². The van der Waals surface area contributed by atoms with Crippen LogP contribution in [0.4, 0.5) is 5.69 Å². The first kappa shape index (κ1) is 15.5. The van der Waals surface area contributed by atoms with Gasteiger partial charge in [0.05, 0.1) is 16.6 Å². The van der Waals surface area contributed by atoms with Crippen molar-refractivity contribution in [3.63, 3.8) is 0 Å². The monoisotopic (exact) mass is 329 g/mol. The molecule has 0 saturated heterocycles. The highest BCUT2D eigenvalue weighted by Crippen LogP contribution is 2.25. The number of carbonyl (C=O) groups is 1. The Morgan fingerprint density at radius 1 is 1.30 bits per heavy atom. The maximum atomic E-state index is 12.5. The van der Waals surface area contributed by atoms with Gasteiger partial charge < -0.3 is 9.84 Å². The van der Waals surface area contributed by atoms with E-state index >= 15 is 0 Å². The molecule has 0 atom stereocenters. The maximum absolute atomic E-state index is 12.5. The summed E-state index contributed by atoms with van der Waals surface area (Å²) in [5.41, 5.74) is 3.29. The van der Waals surface area contributed by atoms with E-state index in [0.29, 0.717) is 22.0 Å². The van der Waals surface area contributed by atoms with Crippen molar-refractivity contribution in [1.29, 1.82) is 0 Å². The highest BCUT2D eigenvalue weighted by molar-refractivity contribution is 6.31. The molecule has 118 valence electrons. The predicted molar refractivity (Wildman–Crippen MR) is 90.0 cm³/mol. The molecule has 0 aliphatic heterocycles. The number of carbonyl (C=O) groups excluding carboxylic acids is 1. The van der Waals surface area contributed by atoms with E-state index in [1.54, 1.807) is 18.2 Å². The molecule has 1 N–H and O–H groups in total. The first-order valence-electron chi connectivity index (χ1n) is 7.28. The fourth-order valence-electron chi connectivity index (χ4n) is 2.31. The van der Waals surface area contributed by atoms with Gasteiger partial charge in [-0.25, -0.2) is 4.98 Å². The van der Waals surface area contributed by atoms with E-state index in [9.17, 15) is 4.79 Å². The molecule has 0 aliphatic carbocycles. The van der Waals surface area contributed by atoms with E-state index in [0.717, 1.165) is 16.6 Å². The van der Waals surface area contributed by atoms with Gasteiger partial charge in [0.2, 0.25) is 0 Å². The molecule has 0 radical (unpaired) electrons. The van der Waals surface area contributed by atoms with Gasteiger partial charge in [0.15, 0.2) is 0 Å². The van der Waals surface area contributed by atoms with E-state index in [1.165, 1.54) is 6.20 Å². The lowest BCUT2D eigenvalue weighted by molar-refractivity contribution is 0.102. The predicted octanol–water partition coefficient (Wildman–Crippen LogP) is 4.56. The van der Waals surface area contributed by atoms with Crippen LogP contribution in [0.3, 0.4) is 0 Å². The molecule has 23 heavy (non-hydrogen) atoms. The summed E-state index contributed by atoms with van der Waals surface area (Å²) >= 11 is 5.98. The summed E-state index contributed by atoms with van der Waals surface area (Å²) in [5, 5.41) is 8.21. The standard InChI is InChI=1S/C17H16ClN3O2/c1-9(2)15-13-6-11(8-19-17(13)23-21-15)16(22)20-14-7-12(18)5-4-10(14)3/h4-9H,1-3H3,(H,20,22). The molecular weight excluding hydrogens is 314 g/mol. The fraction of sp³-hybridized carbons (Fsp3) is 0.235. The number of aromatic nitrogens is 2.